The molecule has 98 valence electrons. The summed E-state index contributed by atoms with van der Waals surface area (Å²) in [6.45, 7) is 6.83. The minimum Gasteiger partial charge on any atom is -0.319 e. The quantitative estimate of drug-likeness (QED) is 0.885. The van der Waals surface area contributed by atoms with Gasteiger partial charge < -0.3 is 4.90 Å². The van der Waals surface area contributed by atoms with E-state index in [-0.39, 0.29) is 12.1 Å². The lowest BCUT2D eigenvalue weighted by Gasteiger charge is -2.32. The van der Waals surface area contributed by atoms with E-state index in [4.69, 9.17) is 0 Å². The molecule has 1 amide bonds. The number of rotatable bonds is 4. The van der Waals surface area contributed by atoms with Gasteiger partial charge in [0, 0.05) is 6.04 Å². The Hall–Kier alpha value is -1.35. The Kier molecular flexibility index (Phi) is 4.02. The van der Waals surface area contributed by atoms with E-state index in [1.165, 1.54) is 11.1 Å². The van der Waals surface area contributed by atoms with Crippen LogP contribution in [0.25, 0.3) is 0 Å². The lowest BCUT2D eigenvalue weighted by atomic mass is 10.1. The van der Waals surface area contributed by atoms with Crippen LogP contribution in [0.5, 0.6) is 0 Å². The first-order valence-corrected chi connectivity index (χ1v) is 6.78. The normalized spacial score (nSPS) is 19.9. The van der Waals surface area contributed by atoms with E-state index in [2.05, 4.69) is 50.4 Å². The summed E-state index contributed by atoms with van der Waals surface area (Å²) < 4.78 is 0. The van der Waals surface area contributed by atoms with Crippen molar-refractivity contribution in [3.8, 4) is 0 Å². The number of hydrogen-bond acceptors (Lipinski definition) is 2. The van der Waals surface area contributed by atoms with E-state index in [9.17, 15) is 4.79 Å². The molecule has 1 N–H and O–H groups in total. The van der Waals surface area contributed by atoms with E-state index in [0.717, 1.165) is 12.8 Å². The van der Waals surface area contributed by atoms with Gasteiger partial charge in [-0.15, -0.1) is 0 Å². The van der Waals surface area contributed by atoms with Crippen LogP contribution in [-0.2, 0) is 4.79 Å². The van der Waals surface area contributed by atoms with Crippen LogP contribution in [0.1, 0.15) is 44.0 Å². The first-order chi connectivity index (χ1) is 8.67. The third kappa shape index (κ3) is 2.41. The molecule has 1 aliphatic heterocycles. The fraction of sp³-hybridized carbons (Fsp3) is 0.533. The van der Waals surface area contributed by atoms with Crippen molar-refractivity contribution in [2.75, 3.05) is 6.54 Å². The molecule has 0 aromatic heterocycles. The molecule has 0 aliphatic carbocycles. The summed E-state index contributed by atoms with van der Waals surface area (Å²) in [7, 11) is 0. The van der Waals surface area contributed by atoms with Crippen molar-refractivity contribution in [3.63, 3.8) is 0 Å². The topological polar surface area (TPSA) is 32.3 Å². The molecule has 1 aromatic rings. The minimum absolute atomic E-state index is 0.0438. The van der Waals surface area contributed by atoms with Crippen molar-refractivity contribution in [1.82, 2.24) is 10.2 Å². The van der Waals surface area contributed by atoms with E-state index in [1.807, 2.05) is 4.90 Å². The number of carbonyl (C=O) groups excluding carboxylic acids is 1. The highest BCUT2D eigenvalue weighted by Gasteiger charge is 2.35. The number of hydrogen-bond donors (Lipinski definition) is 1. The van der Waals surface area contributed by atoms with Crippen molar-refractivity contribution in [1.29, 1.82) is 0 Å². The Morgan fingerprint density at radius 3 is 2.72 bits per heavy atom. The van der Waals surface area contributed by atoms with Gasteiger partial charge in [0.1, 0.15) is 6.17 Å². The van der Waals surface area contributed by atoms with Gasteiger partial charge in [-0.1, -0.05) is 43.7 Å². The maximum absolute atomic E-state index is 12.1. The molecule has 1 aromatic carbocycles. The number of carbonyl (C=O) groups is 1. The van der Waals surface area contributed by atoms with E-state index in [1.54, 1.807) is 0 Å². The van der Waals surface area contributed by atoms with Crippen LogP contribution >= 0.6 is 0 Å². The highest BCUT2D eigenvalue weighted by Crippen LogP contribution is 2.27. The third-order valence-corrected chi connectivity index (χ3v) is 3.71. The fourth-order valence-electron chi connectivity index (χ4n) is 2.73. The molecule has 18 heavy (non-hydrogen) atoms. The monoisotopic (exact) mass is 246 g/mol. The van der Waals surface area contributed by atoms with Crippen LogP contribution in [0.2, 0.25) is 0 Å². The molecule has 3 nitrogen and oxygen atoms in total. The summed E-state index contributed by atoms with van der Waals surface area (Å²) in [5.41, 5.74) is 2.42. The summed E-state index contributed by atoms with van der Waals surface area (Å²) >= 11 is 0. The van der Waals surface area contributed by atoms with E-state index in [0.29, 0.717) is 12.6 Å². The van der Waals surface area contributed by atoms with E-state index < -0.39 is 0 Å². The average Bonchev–Trinajstić information content (AvgIpc) is 2.74. The largest absolute Gasteiger partial charge is 0.319 e. The predicted molar refractivity (Wildman–Crippen MR) is 73.1 cm³/mol. The van der Waals surface area contributed by atoms with Crippen LogP contribution < -0.4 is 5.32 Å². The Labute approximate surface area is 109 Å². The highest BCUT2D eigenvalue weighted by molar-refractivity contribution is 5.81. The molecular formula is C15H22N2O. The zero-order valence-corrected chi connectivity index (χ0v) is 11.4. The molecule has 1 heterocycles. The summed E-state index contributed by atoms with van der Waals surface area (Å²) in [5.74, 6) is 0.218. The Morgan fingerprint density at radius 2 is 2.11 bits per heavy atom. The maximum Gasteiger partial charge on any atom is 0.238 e. The van der Waals surface area contributed by atoms with Gasteiger partial charge in [-0.05, 0) is 25.3 Å². The fourth-order valence-corrected chi connectivity index (χ4v) is 2.73. The second kappa shape index (κ2) is 5.53. The van der Waals surface area contributed by atoms with Crippen LogP contribution in [0.15, 0.2) is 24.3 Å². The summed E-state index contributed by atoms with van der Waals surface area (Å²) in [6.07, 6.45) is 2.06. The van der Waals surface area contributed by atoms with Crippen molar-refractivity contribution in [2.45, 2.75) is 45.8 Å². The molecule has 0 bridgehead atoms. The second-order valence-corrected chi connectivity index (χ2v) is 4.97. The van der Waals surface area contributed by atoms with Crippen molar-refractivity contribution in [3.05, 3.63) is 35.4 Å². The Bertz CT molecular complexity index is 426. The van der Waals surface area contributed by atoms with Crippen molar-refractivity contribution in [2.24, 2.45) is 0 Å². The molecule has 1 unspecified atom stereocenters. The lowest BCUT2D eigenvalue weighted by molar-refractivity contribution is -0.130. The second-order valence-electron chi connectivity index (χ2n) is 4.97. The van der Waals surface area contributed by atoms with Crippen molar-refractivity contribution < 1.29 is 4.79 Å². The van der Waals surface area contributed by atoms with Gasteiger partial charge in [-0.3, -0.25) is 10.1 Å². The standard InChI is InChI=1S/C15H22N2O/c1-4-13(5-2)17-14(18)10-16-15(17)12-8-6-7-11(3)9-12/h6-9,13,15-16H,4-5,10H2,1-3H3. The van der Waals surface area contributed by atoms with Gasteiger partial charge in [0.2, 0.25) is 5.91 Å². The molecule has 0 radical (unpaired) electrons. The average molecular weight is 246 g/mol. The summed E-state index contributed by atoms with van der Waals surface area (Å²) in [6, 6.07) is 8.73. The number of benzene rings is 1. The van der Waals surface area contributed by atoms with Gasteiger partial charge in [0.15, 0.2) is 0 Å². The smallest absolute Gasteiger partial charge is 0.238 e. The van der Waals surface area contributed by atoms with Crippen LogP contribution in [0, 0.1) is 6.92 Å². The molecule has 0 saturated carbocycles. The van der Waals surface area contributed by atoms with Gasteiger partial charge in [0.25, 0.3) is 0 Å². The first-order valence-electron chi connectivity index (χ1n) is 6.78. The molecule has 1 fully saturated rings. The number of nitrogens with zero attached hydrogens (tertiary/aromatic N) is 1. The van der Waals surface area contributed by atoms with Gasteiger partial charge in [-0.2, -0.15) is 0 Å². The molecule has 0 spiro atoms. The SMILES string of the molecule is CCC(CC)N1C(=O)CNC1c1cccc(C)c1. The van der Waals surface area contributed by atoms with Crippen LogP contribution in [-0.4, -0.2) is 23.4 Å². The van der Waals surface area contributed by atoms with E-state index >= 15 is 0 Å². The van der Waals surface area contributed by atoms with Gasteiger partial charge >= 0.3 is 0 Å². The number of aryl methyl sites for hydroxylation is 1. The zero-order valence-electron chi connectivity index (χ0n) is 11.4. The molecule has 1 saturated heterocycles. The maximum atomic E-state index is 12.1. The minimum atomic E-state index is 0.0438. The van der Waals surface area contributed by atoms with Gasteiger partial charge in [-0.25, -0.2) is 0 Å². The zero-order chi connectivity index (χ0) is 13.1. The predicted octanol–water partition coefficient (Wildman–Crippen LogP) is 2.61. The molecule has 1 aliphatic rings. The Morgan fingerprint density at radius 1 is 1.39 bits per heavy atom. The van der Waals surface area contributed by atoms with Crippen LogP contribution in [0.4, 0.5) is 0 Å². The summed E-state index contributed by atoms with van der Waals surface area (Å²) in [4.78, 5) is 14.1. The molecule has 2 rings (SSSR count). The molecular weight excluding hydrogens is 224 g/mol. The van der Waals surface area contributed by atoms with Crippen molar-refractivity contribution >= 4 is 5.91 Å². The molecule has 1 atom stereocenters. The third-order valence-electron chi connectivity index (χ3n) is 3.71. The Balaban J connectivity index is 2.29. The number of nitrogens with one attached hydrogen (secondary N) is 1. The summed E-state index contributed by atoms with van der Waals surface area (Å²) in [5, 5.41) is 3.33. The first kappa shape index (κ1) is 13.1. The number of amides is 1. The van der Waals surface area contributed by atoms with Gasteiger partial charge in [0.05, 0.1) is 6.54 Å². The highest BCUT2D eigenvalue weighted by atomic mass is 16.2. The van der Waals surface area contributed by atoms with Crippen LogP contribution in [0.3, 0.4) is 0 Å². The molecule has 3 heteroatoms. The lowest BCUT2D eigenvalue weighted by Crippen LogP contribution is -2.39.